The minimum atomic E-state index is -0.882. The fourth-order valence-corrected chi connectivity index (χ4v) is 2.94. The average molecular weight is 361 g/mol. The fourth-order valence-electron chi connectivity index (χ4n) is 2.09. The summed E-state index contributed by atoms with van der Waals surface area (Å²) in [6, 6.07) is 12.8. The van der Waals surface area contributed by atoms with Crippen LogP contribution in [0.5, 0.6) is 0 Å². The number of carboxylic acids is 1. The molecule has 1 aromatic carbocycles. The number of nitrogens with zero attached hydrogens (tertiary/aromatic N) is 2. The number of halogens is 1. The van der Waals surface area contributed by atoms with Crippen LogP contribution in [-0.4, -0.2) is 21.0 Å². The first-order chi connectivity index (χ1) is 11.6. The number of pyridine rings is 1. The zero-order valence-electron chi connectivity index (χ0n) is 12.5. The summed E-state index contributed by atoms with van der Waals surface area (Å²) in [5.41, 5.74) is 1.46. The van der Waals surface area contributed by atoms with Gasteiger partial charge in [-0.3, -0.25) is 4.79 Å². The molecule has 2 heterocycles. The van der Waals surface area contributed by atoms with E-state index >= 15 is 0 Å². The van der Waals surface area contributed by atoms with Gasteiger partial charge in [-0.25, -0.2) is 9.97 Å². The van der Waals surface area contributed by atoms with Crippen molar-refractivity contribution in [3.05, 3.63) is 59.4 Å². The first-order valence-electron chi connectivity index (χ1n) is 7.18. The van der Waals surface area contributed by atoms with Gasteiger partial charge in [-0.15, -0.1) is 0 Å². The number of hydrogen-bond acceptors (Lipinski definition) is 5. The van der Waals surface area contributed by atoms with Crippen molar-refractivity contribution >= 4 is 29.3 Å². The molecule has 0 saturated carbocycles. The third-order valence-corrected chi connectivity index (χ3v) is 4.24. The summed E-state index contributed by atoms with van der Waals surface area (Å²) in [6.45, 7) is 0. The van der Waals surface area contributed by atoms with E-state index in [4.69, 9.17) is 21.1 Å². The zero-order chi connectivity index (χ0) is 16.9. The van der Waals surface area contributed by atoms with Gasteiger partial charge in [0.15, 0.2) is 0 Å². The number of benzene rings is 1. The highest BCUT2D eigenvalue weighted by molar-refractivity contribution is 7.99. The molecule has 0 fully saturated rings. The molecule has 0 bridgehead atoms. The van der Waals surface area contributed by atoms with Crippen LogP contribution in [0.1, 0.15) is 12.2 Å². The molecule has 0 atom stereocenters. The average Bonchev–Trinajstić information content (AvgIpc) is 2.97. The number of rotatable bonds is 6. The van der Waals surface area contributed by atoms with Crippen LogP contribution in [0.4, 0.5) is 0 Å². The Hall–Kier alpha value is -2.31. The van der Waals surface area contributed by atoms with Gasteiger partial charge in [-0.2, -0.15) is 0 Å². The van der Waals surface area contributed by atoms with Crippen LogP contribution in [-0.2, 0) is 11.2 Å². The molecule has 0 aliphatic carbocycles. The van der Waals surface area contributed by atoms with Gasteiger partial charge in [0.05, 0.1) is 6.42 Å². The molecule has 0 radical (unpaired) electrons. The van der Waals surface area contributed by atoms with Gasteiger partial charge >= 0.3 is 5.97 Å². The molecule has 3 aromatic rings. The van der Waals surface area contributed by atoms with Crippen LogP contribution >= 0.6 is 23.4 Å². The van der Waals surface area contributed by atoms with E-state index in [9.17, 15) is 4.79 Å². The Kier molecular flexibility index (Phi) is 5.17. The van der Waals surface area contributed by atoms with E-state index in [1.807, 2.05) is 30.3 Å². The van der Waals surface area contributed by atoms with E-state index < -0.39 is 5.97 Å². The van der Waals surface area contributed by atoms with Crippen molar-refractivity contribution in [1.82, 2.24) is 9.97 Å². The molecule has 0 spiro atoms. The van der Waals surface area contributed by atoms with E-state index in [0.717, 1.165) is 10.6 Å². The number of oxazole rings is 1. The number of hydrogen-bond donors (Lipinski definition) is 1. The van der Waals surface area contributed by atoms with Crippen molar-refractivity contribution in [2.75, 3.05) is 0 Å². The van der Waals surface area contributed by atoms with Gasteiger partial charge in [0.1, 0.15) is 16.5 Å². The molecule has 0 saturated heterocycles. The van der Waals surface area contributed by atoms with E-state index in [-0.39, 0.29) is 12.8 Å². The molecule has 2 aromatic heterocycles. The van der Waals surface area contributed by atoms with Gasteiger partial charge in [0.25, 0.3) is 5.22 Å². The molecule has 122 valence electrons. The van der Waals surface area contributed by atoms with Gasteiger partial charge in [0.2, 0.25) is 0 Å². The lowest BCUT2D eigenvalue weighted by molar-refractivity contribution is -0.137. The quantitative estimate of drug-likeness (QED) is 0.694. The van der Waals surface area contributed by atoms with Gasteiger partial charge in [0, 0.05) is 23.2 Å². The summed E-state index contributed by atoms with van der Waals surface area (Å²) in [4.78, 5) is 19.6. The zero-order valence-corrected chi connectivity index (χ0v) is 14.0. The summed E-state index contributed by atoms with van der Waals surface area (Å²) in [7, 11) is 0. The maximum atomic E-state index is 10.9. The molecule has 1 N–H and O–H groups in total. The summed E-state index contributed by atoms with van der Waals surface area (Å²) in [5, 5.41) is 10.7. The summed E-state index contributed by atoms with van der Waals surface area (Å²) >= 11 is 7.21. The van der Waals surface area contributed by atoms with Crippen LogP contribution in [0.25, 0.3) is 11.3 Å². The number of aryl methyl sites for hydroxylation is 1. The monoisotopic (exact) mass is 360 g/mol. The van der Waals surface area contributed by atoms with Gasteiger partial charge in [-0.05, 0) is 36.0 Å². The fraction of sp³-hybridized carbons (Fsp3) is 0.118. The highest BCUT2D eigenvalue weighted by Gasteiger charge is 2.17. The largest absolute Gasteiger partial charge is 0.481 e. The summed E-state index contributed by atoms with van der Waals surface area (Å²) in [6.07, 6.45) is 1.93. The molecule has 5 nitrogen and oxygen atoms in total. The maximum absolute atomic E-state index is 10.9. The summed E-state index contributed by atoms with van der Waals surface area (Å²) in [5.74, 6) is -0.342. The Balaban J connectivity index is 1.92. The maximum Gasteiger partial charge on any atom is 0.303 e. The highest BCUT2D eigenvalue weighted by atomic mass is 35.5. The van der Waals surface area contributed by atoms with E-state index in [0.29, 0.717) is 21.7 Å². The van der Waals surface area contributed by atoms with Crippen LogP contribution < -0.4 is 0 Å². The van der Waals surface area contributed by atoms with E-state index in [1.54, 1.807) is 18.3 Å². The van der Waals surface area contributed by atoms with Crippen molar-refractivity contribution < 1.29 is 14.3 Å². The van der Waals surface area contributed by atoms with Crippen molar-refractivity contribution in [3.8, 4) is 11.3 Å². The minimum Gasteiger partial charge on any atom is -0.481 e. The molecule has 0 amide bonds. The van der Waals surface area contributed by atoms with Crippen LogP contribution in [0, 0.1) is 0 Å². The van der Waals surface area contributed by atoms with Crippen LogP contribution in [0.15, 0.2) is 63.3 Å². The molecular formula is C17H13ClN2O3S. The van der Waals surface area contributed by atoms with E-state index in [2.05, 4.69) is 9.97 Å². The summed E-state index contributed by atoms with van der Waals surface area (Å²) < 4.78 is 5.77. The molecule has 0 aliphatic heterocycles. The van der Waals surface area contributed by atoms with Crippen molar-refractivity contribution in [2.24, 2.45) is 0 Å². The van der Waals surface area contributed by atoms with Crippen LogP contribution in [0.3, 0.4) is 0 Å². The lowest BCUT2D eigenvalue weighted by Crippen LogP contribution is -1.97. The number of aromatic nitrogens is 2. The van der Waals surface area contributed by atoms with Gasteiger partial charge in [-0.1, -0.05) is 29.8 Å². The Morgan fingerprint density at radius 2 is 2.00 bits per heavy atom. The normalized spacial score (nSPS) is 10.7. The Morgan fingerprint density at radius 3 is 2.67 bits per heavy atom. The van der Waals surface area contributed by atoms with E-state index in [1.165, 1.54) is 11.8 Å². The highest BCUT2D eigenvalue weighted by Crippen LogP contribution is 2.32. The van der Waals surface area contributed by atoms with Crippen molar-refractivity contribution in [3.63, 3.8) is 0 Å². The topological polar surface area (TPSA) is 76.2 Å². The molecule has 0 aliphatic rings. The standard InChI is InChI=1S/C17H13ClN2O3S/c18-12-6-4-11(5-7-12)16-13(8-9-15(21)22)23-17(20-16)24-14-3-1-2-10-19-14/h1-7,10H,8-9H2,(H,21,22). The Morgan fingerprint density at radius 1 is 1.21 bits per heavy atom. The second kappa shape index (κ2) is 7.51. The Labute approximate surface area is 147 Å². The molecular weight excluding hydrogens is 348 g/mol. The first kappa shape index (κ1) is 16.5. The van der Waals surface area contributed by atoms with Crippen molar-refractivity contribution in [1.29, 1.82) is 0 Å². The smallest absolute Gasteiger partial charge is 0.303 e. The van der Waals surface area contributed by atoms with Crippen molar-refractivity contribution in [2.45, 2.75) is 23.1 Å². The molecule has 3 rings (SSSR count). The second-order valence-electron chi connectivity index (χ2n) is 4.92. The number of carbonyl (C=O) groups is 1. The Bertz CT molecular complexity index is 835. The third-order valence-electron chi connectivity index (χ3n) is 3.19. The SMILES string of the molecule is O=C(O)CCc1oc(Sc2ccccn2)nc1-c1ccc(Cl)cc1. The predicted octanol–water partition coefficient (Wildman–Crippen LogP) is 4.56. The second-order valence-corrected chi connectivity index (χ2v) is 6.33. The molecule has 0 unspecified atom stereocenters. The third kappa shape index (κ3) is 4.15. The molecule has 7 heteroatoms. The van der Waals surface area contributed by atoms with Gasteiger partial charge < -0.3 is 9.52 Å². The number of carboxylic acid groups (broad SMARTS) is 1. The first-order valence-corrected chi connectivity index (χ1v) is 8.37. The molecule has 24 heavy (non-hydrogen) atoms. The lowest BCUT2D eigenvalue weighted by atomic mass is 10.1. The number of aliphatic carboxylic acids is 1. The predicted molar refractivity (Wildman–Crippen MR) is 91.3 cm³/mol. The van der Waals surface area contributed by atoms with Crippen LogP contribution in [0.2, 0.25) is 5.02 Å². The minimum absolute atomic E-state index is 0.0243. The lowest BCUT2D eigenvalue weighted by Gasteiger charge is -2.00.